The van der Waals surface area contributed by atoms with E-state index in [1.807, 2.05) is 113 Å². The van der Waals surface area contributed by atoms with E-state index in [1.54, 1.807) is 48.3 Å². The van der Waals surface area contributed by atoms with Crippen molar-refractivity contribution < 1.29 is 14.4 Å². The first-order valence-electron chi connectivity index (χ1n) is 20.3. The second-order valence-electron chi connectivity index (χ2n) is 14.5. The summed E-state index contributed by atoms with van der Waals surface area (Å²) in [6, 6.07) is 36.5. The first-order chi connectivity index (χ1) is 29.8. The Bertz CT molecular complexity index is 2280. The summed E-state index contributed by atoms with van der Waals surface area (Å²) in [7, 11) is 0. The lowest BCUT2D eigenvalue weighted by molar-refractivity contribution is -0.124. The molecule has 0 amide bonds. The van der Waals surface area contributed by atoms with Crippen LogP contribution in [0, 0.1) is 27.7 Å². The molecule has 64 heavy (non-hydrogen) atoms. The maximum Gasteiger partial charge on any atom is 0.154 e. The van der Waals surface area contributed by atoms with Crippen LogP contribution in [0.1, 0.15) is 77.6 Å². The van der Waals surface area contributed by atoms with Crippen molar-refractivity contribution in [3.63, 3.8) is 0 Å². The molecular weight excluding hydrogens is 851 g/mol. The largest absolute Gasteiger partial charge is 0.398 e. The number of rotatable bonds is 12. The summed E-state index contributed by atoms with van der Waals surface area (Å²) in [5, 5.41) is 6.68. The van der Waals surface area contributed by atoms with Crippen molar-refractivity contribution in [1.82, 2.24) is 0 Å². The third-order valence-corrected chi connectivity index (χ3v) is 11.0. The molecule has 5 aromatic rings. The van der Waals surface area contributed by atoms with Gasteiger partial charge in [-0.1, -0.05) is 80.2 Å². The average Bonchev–Trinajstić information content (AvgIpc) is 3.22. The van der Waals surface area contributed by atoms with Gasteiger partial charge in [0.05, 0.1) is 23.5 Å². The standard InChI is InChI=1S/C20H24N2S.C12H15NOS.C8H11N.C7H9NS.C5H8O2.CH4/c1-14-9-8-10-15(2)20(14)22-17(4)13-16(3)21-18-11-6-7-12-19(18)23-5;1-9(8-10(2)14)13-11-6-4-5-7-12(11)15-3;1-6-4-3-5-7(2)8(6)9;1-9-7-5-3-2-4-6(7)8;1-4(6)3-5(2)7;/h6-13,21H,1-5H3;4-8,13H,1-3H3;3-5H,9H2,1-2H3;2-5H,8H2,1H3;3H2,1-2H3;1H4/b16-13-,22-17?;9-8-;;;;. The fourth-order valence-electron chi connectivity index (χ4n) is 5.65. The van der Waals surface area contributed by atoms with E-state index in [2.05, 4.69) is 80.1 Å². The summed E-state index contributed by atoms with van der Waals surface area (Å²) < 4.78 is 0. The van der Waals surface area contributed by atoms with Crippen molar-refractivity contribution in [2.75, 3.05) is 40.9 Å². The molecule has 11 heteroatoms. The van der Waals surface area contributed by atoms with Gasteiger partial charge in [0.25, 0.3) is 0 Å². The number of nitrogens with zero attached hydrogens (tertiary/aromatic N) is 1. The number of carbonyl (C=O) groups is 3. The molecule has 0 heterocycles. The third-order valence-electron chi connectivity index (χ3n) is 8.63. The second kappa shape index (κ2) is 32.2. The lowest BCUT2D eigenvalue weighted by Gasteiger charge is -2.11. The van der Waals surface area contributed by atoms with Crippen LogP contribution in [0.15, 0.2) is 152 Å². The zero-order valence-electron chi connectivity index (χ0n) is 39.3. The molecule has 0 atom stereocenters. The highest BCUT2D eigenvalue weighted by molar-refractivity contribution is 7.99. The molecule has 8 nitrogen and oxygen atoms in total. The van der Waals surface area contributed by atoms with Crippen molar-refractivity contribution in [2.45, 2.75) is 97.8 Å². The van der Waals surface area contributed by atoms with E-state index in [9.17, 15) is 14.4 Å². The van der Waals surface area contributed by atoms with Crippen LogP contribution >= 0.6 is 35.3 Å². The quantitative estimate of drug-likeness (QED) is 0.0314. The van der Waals surface area contributed by atoms with E-state index in [1.165, 1.54) is 34.8 Å². The number of ketones is 3. The maximum atomic E-state index is 10.9. The molecule has 6 N–H and O–H groups in total. The Hall–Kier alpha value is -5.49. The molecule has 0 radical (unpaired) electrons. The minimum atomic E-state index is -0.0625. The molecule has 0 aliphatic rings. The molecule has 344 valence electrons. The lowest BCUT2D eigenvalue weighted by atomic mass is 10.1. The van der Waals surface area contributed by atoms with Gasteiger partial charge in [-0.05, 0) is 159 Å². The van der Waals surface area contributed by atoms with Crippen molar-refractivity contribution in [2.24, 2.45) is 4.99 Å². The number of nitrogens with one attached hydrogen (secondary N) is 2. The van der Waals surface area contributed by atoms with Gasteiger partial charge in [-0.3, -0.25) is 19.4 Å². The molecule has 0 bridgehead atoms. The molecule has 0 aromatic heterocycles. The number of nitrogen functional groups attached to an aromatic ring is 2. The van der Waals surface area contributed by atoms with Crippen LogP contribution in [0.25, 0.3) is 0 Å². The zero-order valence-corrected chi connectivity index (χ0v) is 41.8. The van der Waals surface area contributed by atoms with Gasteiger partial charge in [-0.25, -0.2) is 0 Å². The normalized spacial score (nSPS) is 10.7. The van der Waals surface area contributed by atoms with E-state index < -0.39 is 0 Å². The smallest absolute Gasteiger partial charge is 0.154 e. The Labute approximate surface area is 397 Å². The molecule has 0 spiro atoms. The van der Waals surface area contributed by atoms with Gasteiger partial charge < -0.3 is 22.1 Å². The Morgan fingerprint density at radius 3 is 1.25 bits per heavy atom. The van der Waals surface area contributed by atoms with Crippen LogP contribution < -0.4 is 22.1 Å². The van der Waals surface area contributed by atoms with E-state index in [0.29, 0.717) is 0 Å². The summed E-state index contributed by atoms with van der Waals surface area (Å²) in [6.07, 6.45) is 9.91. The van der Waals surface area contributed by atoms with Crippen LogP contribution in [0.2, 0.25) is 0 Å². The second-order valence-corrected chi connectivity index (χ2v) is 17.1. The molecule has 0 saturated heterocycles. The van der Waals surface area contributed by atoms with Crippen LogP contribution in [-0.2, 0) is 14.4 Å². The fourth-order valence-corrected chi connectivity index (χ4v) is 7.27. The summed E-state index contributed by atoms with van der Waals surface area (Å²) >= 11 is 5.09. The number of aliphatic imine (C=N–C) groups is 1. The van der Waals surface area contributed by atoms with Gasteiger partial charge in [0, 0.05) is 43.2 Å². The fraction of sp³-hybridized carbons (Fsp3) is 0.283. The van der Waals surface area contributed by atoms with Crippen molar-refractivity contribution in [3.05, 3.63) is 155 Å². The van der Waals surface area contributed by atoms with Gasteiger partial charge in [0.15, 0.2) is 5.78 Å². The highest BCUT2D eigenvalue weighted by Gasteiger charge is 2.04. The minimum Gasteiger partial charge on any atom is -0.398 e. The van der Waals surface area contributed by atoms with Crippen LogP contribution in [0.3, 0.4) is 0 Å². The number of anilines is 4. The Morgan fingerprint density at radius 1 is 0.531 bits per heavy atom. The van der Waals surface area contributed by atoms with E-state index in [0.717, 1.165) is 61.6 Å². The number of hydrogen-bond acceptors (Lipinski definition) is 11. The molecule has 0 aliphatic carbocycles. The monoisotopic (exact) mass is 921 g/mol. The van der Waals surface area contributed by atoms with Crippen molar-refractivity contribution >= 4 is 86.8 Å². The Morgan fingerprint density at radius 2 is 0.906 bits per heavy atom. The number of benzene rings is 5. The number of aryl methyl sites for hydroxylation is 4. The number of nitrogens with two attached hydrogens (primary N) is 2. The average molecular weight is 922 g/mol. The van der Waals surface area contributed by atoms with E-state index >= 15 is 0 Å². The summed E-state index contributed by atoms with van der Waals surface area (Å²) in [4.78, 5) is 39.3. The SMILES string of the molecule is C.CC(=O)CC(C)=O.CSc1ccccc1N.CSc1ccccc1N/C(C)=C\C(C)=Nc1c(C)cccc1C.CSc1ccccc1N/C(C)=C\C(C)=O.Cc1cccc(C)c1N. The third kappa shape index (κ3) is 23.8. The number of hydrogen-bond donors (Lipinski definition) is 4. The van der Waals surface area contributed by atoms with Gasteiger partial charge >= 0.3 is 0 Å². The summed E-state index contributed by atoms with van der Waals surface area (Å²) in [6.45, 7) is 18.6. The van der Waals surface area contributed by atoms with Crippen LogP contribution in [0.4, 0.5) is 28.4 Å². The van der Waals surface area contributed by atoms with Crippen LogP contribution in [-0.4, -0.2) is 41.8 Å². The molecule has 5 aromatic carbocycles. The van der Waals surface area contributed by atoms with Crippen LogP contribution in [0.5, 0.6) is 0 Å². The molecule has 0 unspecified atom stereocenters. The number of allylic oxidation sites excluding steroid dienone is 4. The van der Waals surface area contributed by atoms with Gasteiger partial charge in [0.2, 0.25) is 0 Å². The topological polar surface area (TPSA) is 140 Å². The number of carbonyl (C=O) groups excluding carboxylic acids is 3. The lowest BCUT2D eigenvalue weighted by Crippen LogP contribution is -1.99. The Kier molecular flexibility index (Phi) is 29.4. The van der Waals surface area contributed by atoms with E-state index in [-0.39, 0.29) is 31.2 Å². The first kappa shape index (κ1) is 58.5. The van der Waals surface area contributed by atoms with Crippen molar-refractivity contribution in [3.8, 4) is 0 Å². The number of Topliss-reactive ketones (excluding diaryl/α,β-unsaturated/α-hetero) is 2. The first-order valence-corrected chi connectivity index (χ1v) is 24.0. The highest BCUT2D eigenvalue weighted by atomic mass is 32.2. The zero-order chi connectivity index (χ0) is 47.5. The highest BCUT2D eigenvalue weighted by Crippen LogP contribution is 2.27. The predicted molar refractivity (Wildman–Crippen MR) is 286 cm³/mol. The van der Waals surface area contributed by atoms with Gasteiger partial charge in [0.1, 0.15) is 11.6 Å². The number of thioether (sulfide) groups is 3. The maximum absolute atomic E-state index is 10.9. The summed E-state index contributed by atoms with van der Waals surface area (Å²) in [5.41, 5.74) is 24.0. The molecular formula is C53H71N5O3S3. The van der Waals surface area contributed by atoms with Gasteiger partial charge in [-0.2, -0.15) is 0 Å². The number of para-hydroxylation sites is 5. The van der Waals surface area contributed by atoms with Crippen molar-refractivity contribution in [1.29, 1.82) is 0 Å². The molecule has 0 saturated carbocycles. The van der Waals surface area contributed by atoms with E-state index in [4.69, 9.17) is 16.5 Å². The molecule has 0 fully saturated rings. The molecule has 0 aliphatic heterocycles. The Balaban J connectivity index is 0.000000834. The minimum absolute atomic E-state index is 0. The summed E-state index contributed by atoms with van der Waals surface area (Å²) in [5.74, 6) is -0.0679. The molecule has 5 rings (SSSR count). The predicted octanol–water partition coefficient (Wildman–Crippen LogP) is 14.5. The van der Waals surface area contributed by atoms with Gasteiger partial charge in [-0.15, -0.1) is 35.3 Å².